The van der Waals surface area contributed by atoms with Crippen molar-refractivity contribution in [2.24, 2.45) is 10.9 Å². The van der Waals surface area contributed by atoms with Crippen molar-refractivity contribution in [2.75, 3.05) is 52.9 Å². The van der Waals surface area contributed by atoms with Crippen LogP contribution in [0.3, 0.4) is 0 Å². The molecule has 6 nitrogen and oxygen atoms in total. The minimum absolute atomic E-state index is 0.308. The van der Waals surface area contributed by atoms with Crippen molar-refractivity contribution < 1.29 is 4.79 Å². The van der Waals surface area contributed by atoms with E-state index in [0.29, 0.717) is 16.6 Å². The van der Waals surface area contributed by atoms with Crippen LogP contribution in [-0.2, 0) is 4.79 Å². The molecule has 0 aromatic heterocycles. The highest BCUT2D eigenvalue weighted by Crippen LogP contribution is 2.51. The van der Waals surface area contributed by atoms with E-state index in [1.54, 1.807) is 0 Å². The van der Waals surface area contributed by atoms with Crippen molar-refractivity contribution in [2.45, 2.75) is 41.7 Å². The van der Waals surface area contributed by atoms with Crippen molar-refractivity contribution in [3.8, 4) is 0 Å². The Labute approximate surface area is 184 Å². The van der Waals surface area contributed by atoms with Gasteiger partial charge < -0.3 is 15.5 Å². The summed E-state index contributed by atoms with van der Waals surface area (Å²) in [7, 11) is 1.84. The Kier molecular flexibility index (Phi) is 7.20. The zero-order valence-electron chi connectivity index (χ0n) is 18.1. The molecule has 0 atom stereocenters. The SMILES string of the molecule is CN=C(NCCN1CCN(C(=O)C2CCC2)CC1)NCC1(Sc2ccccc2)CC1. The summed E-state index contributed by atoms with van der Waals surface area (Å²) in [5.74, 6) is 1.60. The van der Waals surface area contributed by atoms with Crippen LogP contribution in [0.4, 0.5) is 0 Å². The summed E-state index contributed by atoms with van der Waals surface area (Å²) in [6, 6.07) is 10.7. The van der Waals surface area contributed by atoms with Gasteiger partial charge in [0, 0.05) is 68.4 Å². The van der Waals surface area contributed by atoms with Gasteiger partial charge in [-0.15, -0.1) is 11.8 Å². The summed E-state index contributed by atoms with van der Waals surface area (Å²) in [6.07, 6.45) is 5.92. The summed E-state index contributed by atoms with van der Waals surface area (Å²) < 4.78 is 0.308. The van der Waals surface area contributed by atoms with E-state index in [9.17, 15) is 4.79 Å². The van der Waals surface area contributed by atoms with Gasteiger partial charge in [-0.3, -0.25) is 14.7 Å². The number of amides is 1. The smallest absolute Gasteiger partial charge is 0.225 e. The van der Waals surface area contributed by atoms with Gasteiger partial charge in [-0.25, -0.2) is 0 Å². The number of rotatable bonds is 8. The quantitative estimate of drug-likeness (QED) is 0.491. The summed E-state index contributed by atoms with van der Waals surface area (Å²) in [5.41, 5.74) is 0. The monoisotopic (exact) mass is 429 g/mol. The fourth-order valence-corrected chi connectivity index (χ4v) is 5.34. The van der Waals surface area contributed by atoms with Crippen LogP contribution in [0.5, 0.6) is 0 Å². The maximum atomic E-state index is 12.4. The number of thioether (sulfide) groups is 1. The van der Waals surface area contributed by atoms with Crippen LogP contribution in [0, 0.1) is 5.92 Å². The number of hydrogen-bond acceptors (Lipinski definition) is 4. The first-order valence-electron chi connectivity index (χ1n) is 11.4. The Hall–Kier alpha value is -1.73. The van der Waals surface area contributed by atoms with E-state index in [-0.39, 0.29) is 0 Å². The van der Waals surface area contributed by atoms with Crippen LogP contribution in [-0.4, -0.2) is 79.3 Å². The second kappa shape index (κ2) is 10.1. The zero-order chi connectivity index (χ0) is 20.8. The second-order valence-corrected chi connectivity index (χ2v) is 10.3. The highest BCUT2D eigenvalue weighted by atomic mass is 32.2. The van der Waals surface area contributed by atoms with Crippen LogP contribution in [0.2, 0.25) is 0 Å². The molecule has 0 radical (unpaired) electrons. The predicted molar refractivity (Wildman–Crippen MR) is 124 cm³/mol. The number of nitrogens with one attached hydrogen (secondary N) is 2. The molecule has 0 bridgehead atoms. The van der Waals surface area contributed by atoms with Crippen LogP contribution in [0.15, 0.2) is 40.2 Å². The molecule has 1 aromatic carbocycles. The average Bonchev–Trinajstić information content (AvgIpc) is 3.50. The van der Waals surface area contributed by atoms with Crippen LogP contribution in [0.1, 0.15) is 32.1 Å². The van der Waals surface area contributed by atoms with Crippen molar-refractivity contribution in [3.63, 3.8) is 0 Å². The van der Waals surface area contributed by atoms with E-state index in [4.69, 9.17) is 0 Å². The highest BCUT2D eigenvalue weighted by Gasteiger charge is 2.43. The largest absolute Gasteiger partial charge is 0.355 e. The van der Waals surface area contributed by atoms with Gasteiger partial charge in [0.1, 0.15) is 0 Å². The molecule has 0 spiro atoms. The van der Waals surface area contributed by atoms with Crippen molar-refractivity contribution in [1.29, 1.82) is 0 Å². The lowest BCUT2D eigenvalue weighted by molar-refractivity contribution is -0.139. The maximum absolute atomic E-state index is 12.4. The molecule has 3 aliphatic rings. The molecule has 30 heavy (non-hydrogen) atoms. The minimum Gasteiger partial charge on any atom is -0.355 e. The Morgan fingerprint density at radius 1 is 1.13 bits per heavy atom. The van der Waals surface area contributed by atoms with E-state index in [1.165, 1.54) is 24.2 Å². The lowest BCUT2D eigenvalue weighted by Crippen LogP contribution is -2.52. The third-order valence-corrected chi connectivity index (χ3v) is 8.04. The third kappa shape index (κ3) is 5.70. The van der Waals surface area contributed by atoms with E-state index in [2.05, 4.69) is 55.8 Å². The van der Waals surface area contributed by atoms with Crippen LogP contribution < -0.4 is 10.6 Å². The Balaban J connectivity index is 1.12. The second-order valence-electron chi connectivity index (χ2n) is 8.75. The molecule has 7 heteroatoms. The fraction of sp³-hybridized carbons (Fsp3) is 0.652. The Bertz CT molecular complexity index is 724. The summed E-state index contributed by atoms with van der Waals surface area (Å²) >= 11 is 1.98. The molecule has 0 unspecified atom stereocenters. The standard InChI is InChI=1S/C23H35N5OS/c1-24-22(26-18-23(10-11-23)30-20-8-3-2-4-9-20)25-12-13-27-14-16-28(17-15-27)21(29)19-6-5-7-19/h2-4,8-9,19H,5-7,10-18H2,1H3,(H2,24,25,26). The third-order valence-electron chi connectivity index (χ3n) is 6.55. The Morgan fingerprint density at radius 2 is 1.87 bits per heavy atom. The average molecular weight is 430 g/mol. The number of carbonyl (C=O) groups is 1. The summed E-state index contributed by atoms with van der Waals surface area (Å²) in [5, 5.41) is 6.98. The van der Waals surface area contributed by atoms with Crippen molar-refractivity contribution in [3.05, 3.63) is 30.3 Å². The predicted octanol–water partition coefficient (Wildman–Crippen LogP) is 2.42. The van der Waals surface area contributed by atoms with Gasteiger partial charge in [0.05, 0.1) is 0 Å². The van der Waals surface area contributed by atoms with Gasteiger partial charge >= 0.3 is 0 Å². The first kappa shape index (κ1) is 21.5. The highest BCUT2D eigenvalue weighted by molar-refractivity contribution is 8.01. The fourth-order valence-electron chi connectivity index (χ4n) is 4.10. The van der Waals surface area contributed by atoms with Crippen LogP contribution >= 0.6 is 11.8 Å². The van der Waals surface area contributed by atoms with Gasteiger partial charge in [0.2, 0.25) is 5.91 Å². The molecule has 1 saturated heterocycles. The molecule has 2 saturated carbocycles. The minimum atomic E-state index is 0.308. The molecule has 1 heterocycles. The molecule has 3 fully saturated rings. The van der Waals surface area contributed by atoms with Gasteiger partial charge in [0.15, 0.2) is 5.96 Å². The first-order valence-corrected chi connectivity index (χ1v) is 12.2. The molecule has 2 aliphatic carbocycles. The lowest BCUT2D eigenvalue weighted by atomic mass is 9.84. The molecule has 164 valence electrons. The number of hydrogen-bond donors (Lipinski definition) is 2. The normalized spacial score (nSPS) is 21.8. The molecule has 2 N–H and O–H groups in total. The number of carbonyl (C=O) groups excluding carboxylic acids is 1. The molecule has 4 rings (SSSR count). The van der Waals surface area contributed by atoms with E-state index >= 15 is 0 Å². The number of aliphatic imine (C=N–C) groups is 1. The van der Waals surface area contributed by atoms with Gasteiger partial charge in [0.25, 0.3) is 0 Å². The Morgan fingerprint density at radius 3 is 2.47 bits per heavy atom. The van der Waals surface area contributed by atoms with E-state index < -0.39 is 0 Å². The number of guanidine groups is 1. The molecular weight excluding hydrogens is 394 g/mol. The maximum Gasteiger partial charge on any atom is 0.225 e. The summed E-state index contributed by atoms with van der Waals surface area (Å²) in [4.78, 5) is 22.6. The van der Waals surface area contributed by atoms with Gasteiger partial charge in [-0.2, -0.15) is 0 Å². The van der Waals surface area contributed by atoms with Crippen molar-refractivity contribution >= 4 is 23.6 Å². The van der Waals surface area contributed by atoms with E-state index in [0.717, 1.165) is 64.6 Å². The first-order chi connectivity index (χ1) is 14.7. The van der Waals surface area contributed by atoms with E-state index in [1.807, 2.05) is 18.8 Å². The number of piperazine rings is 1. The van der Waals surface area contributed by atoms with Gasteiger partial charge in [-0.1, -0.05) is 24.6 Å². The lowest BCUT2D eigenvalue weighted by Gasteiger charge is -2.38. The molecule has 1 amide bonds. The summed E-state index contributed by atoms with van der Waals surface area (Å²) in [6.45, 7) is 6.49. The van der Waals surface area contributed by atoms with Gasteiger partial charge in [-0.05, 0) is 37.8 Å². The van der Waals surface area contributed by atoms with Crippen molar-refractivity contribution in [1.82, 2.24) is 20.4 Å². The number of benzene rings is 1. The topological polar surface area (TPSA) is 60.0 Å². The zero-order valence-corrected chi connectivity index (χ0v) is 18.9. The molecule has 1 aromatic rings. The van der Waals surface area contributed by atoms with Crippen LogP contribution in [0.25, 0.3) is 0 Å². The molecule has 1 aliphatic heterocycles. The number of nitrogens with zero attached hydrogens (tertiary/aromatic N) is 3. The molecular formula is C23H35N5OS.